The van der Waals surface area contributed by atoms with Gasteiger partial charge in [0.15, 0.2) is 0 Å². The number of hydrogen-bond donors (Lipinski definition) is 2. The maximum absolute atomic E-state index is 11.4. The Morgan fingerprint density at radius 1 is 0.848 bits per heavy atom. The minimum Gasteiger partial charge on any atom is -0.460 e. The number of unbranched alkanes of at least 4 members (excludes halogenated alkanes) is 4. The third kappa shape index (κ3) is 13.5. The van der Waals surface area contributed by atoms with Gasteiger partial charge in [-0.1, -0.05) is 65.5 Å². The van der Waals surface area contributed by atoms with Crippen molar-refractivity contribution in [3.05, 3.63) is 29.8 Å². The quantitative estimate of drug-likeness (QED) is 0.156. The minimum atomic E-state index is -4.47. The zero-order chi connectivity index (χ0) is 25.2. The van der Waals surface area contributed by atoms with Crippen LogP contribution in [0.2, 0.25) is 0 Å². The highest BCUT2D eigenvalue weighted by molar-refractivity contribution is 7.86. The Morgan fingerprint density at radius 3 is 1.64 bits per heavy atom. The zero-order valence-electron chi connectivity index (χ0n) is 21.1. The molecule has 0 aromatic heterocycles. The van der Waals surface area contributed by atoms with Crippen molar-refractivity contribution in [3.8, 4) is 0 Å². The van der Waals surface area contributed by atoms with Gasteiger partial charge in [-0.25, -0.2) is 4.79 Å². The molecule has 1 aromatic carbocycles. The minimum absolute atomic E-state index is 0.237. The van der Waals surface area contributed by atoms with Crippen molar-refractivity contribution >= 4 is 23.3 Å². The van der Waals surface area contributed by atoms with Crippen LogP contribution in [0.25, 0.3) is 0 Å². The molecule has 1 aromatic rings. The molecule has 1 rings (SSSR count). The highest BCUT2D eigenvalue weighted by atomic mass is 32.2. The van der Waals surface area contributed by atoms with Gasteiger partial charge in [-0.3, -0.25) is 4.55 Å². The number of aliphatic hydroxyl groups is 1. The smallest absolute Gasteiger partial charge is 0.339 e. The fourth-order valence-electron chi connectivity index (χ4n) is 3.72. The summed E-state index contributed by atoms with van der Waals surface area (Å²) in [7, 11) is -5.03. The standard InChI is InChI=1S/C16H36P.C9H10O6S/c1-5-9-13-17(14-10-6-2,15-11-7-3)16-12-8-4;10-5-6-15-9(11)7-3-1-2-4-8(7)16(12,13)14/h5-16H2,1-4H3;1-4,10H,5-6H2,(H,12,13,14)/q+1;. The van der Waals surface area contributed by atoms with Crippen LogP contribution in [0.1, 0.15) is 89.4 Å². The highest BCUT2D eigenvalue weighted by Gasteiger charge is 2.34. The van der Waals surface area contributed by atoms with Gasteiger partial charge in [0.1, 0.15) is 11.5 Å². The molecule has 0 unspecified atom stereocenters. The number of aliphatic hydroxyl groups excluding tert-OH is 1. The van der Waals surface area contributed by atoms with Crippen LogP contribution in [0.4, 0.5) is 0 Å². The monoisotopic (exact) mass is 505 g/mol. The molecule has 6 nitrogen and oxygen atoms in total. The van der Waals surface area contributed by atoms with Crippen molar-refractivity contribution in [2.24, 2.45) is 0 Å². The van der Waals surface area contributed by atoms with E-state index in [1.54, 1.807) is 24.6 Å². The van der Waals surface area contributed by atoms with Gasteiger partial charge in [-0.2, -0.15) is 8.42 Å². The molecule has 0 fully saturated rings. The molecule has 0 spiro atoms. The number of ether oxygens (including phenoxy) is 1. The summed E-state index contributed by atoms with van der Waals surface area (Å²) in [5.41, 5.74) is -0.265. The topological polar surface area (TPSA) is 101 Å². The normalized spacial score (nSPS) is 11.6. The number of carbonyl (C=O) groups excluding carboxylic acids is 1. The van der Waals surface area contributed by atoms with Crippen LogP contribution >= 0.6 is 7.26 Å². The van der Waals surface area contributed by atoms with E-state index >= 15 is 0 Å². The van der Waals surface area contributed by atoms with E-state index in [1.807, 2.05) is 0 Å². The Kier molecular flexibility index (Phi) is 17.8. The number of rotatable bonds is 16. The van der Waals surface area contributed by atoms with E-state index in [9.17, 15) is 13.2 Å². The van der Waals surface area contributed by atoms with E-state index in [-0.39, 0.29) is 18.8 Å². The molecule has 2 N–H and O–H groups in total. The second kappa shape index (κ2) is 18.3. The first kappa shape index (κ1) is 32.0. The summed E-state index contributed by atoms with van der Waals surface area (Å²) < 4.78 is 35.3. The van der Waals surface area contributed by atoms with Crippen molar-refractivity contribution in [3.63, 3.8) is 0 Å². The third-order valence-corrected chi connectivity index (χ3v) is 11.6. The van der Waals surface area contributed by atoms with E-state index < -0.39 is 28.2 Å². The predicted octanol–water partition coefficient (Wildman–Crippen LogP) is 6.29. The molecule has 0 aliphatic rings. The first-order chi connectivity index (χ1) is 15.7. The summed E-state index contributed by atoms with van der Waals surface area (Å²) in [6, 6.07) is 5.10. The molecule has 0 atom stereocenters. The summed E-state index contributed by atoms with van der Waals surface area (Å²) >= 11 is 0. The predicted molar refractivity (Wildman–Crippen MR) is 140 cm³/mol. The first-order valence-electron chi connectivity index (χ1n) is 12.4. The van der Waals surface area contributed by atoms with Gasteiger partial charge >= 0.3 is 5.97 Å². The lowest BCUT2D eigenvalue weighted by Gasteiger charge is -2.28. The van der Waals surface area contributed by atoms with Crippen molar-refractivity contribution in [2.45, 2.75) is 84.0 Å². The van der Waals surface area contributed by atoms with Crippen molar-refractivity contribution in [2.75, 3.05) is 37.9 Å². The zero-order valence-corrected chi connectivity index (χ0v) is 22.8. The maximum atomic E-state index is 11.4. The Hall–Kier alpha value is -1.01. The van der Waals surface area contributed by atoms with Crippen LogP contribution in [-0.4, -0.2) is 61.9 Å². The van der Waals surface area contributed by atoms with E-state index in [2.05, 4.69) is 32.4 Å². The molecule has 8 heteroatoms. The maximum Gasteiger partial charge on any atom is 0.339 e. The van der Waals surface area contributed by atoms with Crippen molar-refractivity contribution < 1.29 is 27.6 Å². The second-order valence-electron chi connectivity index (χ2n) is 8.48. The number of esters is 1. The van der Waals surface area contributed by atoms with Gasteiger partial charge < -0.3 is 9.84 Å². The lowest BCUT2D eigenvalue weighted by atomic mass is 10.2. The molecule has 0 amide bonds. The van der Waals surface area contributed by atoms with Gasteiger partial charge in [-0.05, 0) is 37.8 Å². The van der Waals surface area contributed by atoms with E-state index in [1.165, 1.54) is 69.6 Å². The molecule has 0 aliphatic carbocycles. The lowest BCUT2D eigenvalue weighted by Crippen LogP contribution is -2.13. The van der Waals surface area contributed by atoms with Crippen LogP contribution < -0.4 is 0 Å². The molecule has 0 saturated carbocycles. The van der Waals surface area contributed by atoms with Crippen LogP contribution in [-0.2, 0) is 14.9 Å². The lowest BCUT2D eigenvalue weighted by molar-refractivity contribution is 0.0429. The summed E-state index contributed by atoms with van der Waals surface area (Å²) in [6.45, 7) is 8.82. The Morgan fingerprint density at radius 2 is 1.27 bits per heavy atom. The van der Waals surface area contributed by atoms with Gasteiger partial charge in [0.05, 0.1) is 36.8 Å². The van der Waals surface area contributed by atoms with Crippen LogP contribution in [0.5, 0.6) is 0 Å². The number of benzene rings is 1. The van der Waals surface area contributed by atoms with Crippen LogP contribution in [0, 0.1) is 0 Å². The van der Waals surface area contributed by atoms with Gasteiger partial charge in [0, 0.05) is 7.26 Å². The molecular formula is C25H46O6PS+. The van der Waals surface area contributed by atoms with Crippen LogP contribution in [0.3, 0.4) is 0 Å². The van der Waals surface area contributed by atoms with Crippen molar-refractivity contribution in [1.29, 1.82) is 0 Å². The molecule has 0 radical (unpaired) electrons. The second-order valence-corrected chi connectivity index (χ2v) is 14.3. The number of carbonyl (C=O) groups is 1. The fraction of sp³-hybridized carbons (Fsp3) is 0.720. The summed E-state index contributed by atoms with van der Waals surface area (Å²) in [5.74, 6) is -0.915. The molecule has 0 aliphatic heterocycles. The van der Waals surface area contributed by atoms with Gasteiger partial charge in [0.2, 0.25) is 0 Å². The van der Waals surface area contributed by atoms with E-state index in [4.69, 9.17) is 9.66 Å². The van der Waals surface area contributed by atoms with Crippen LogP contribution in [0.15, 0.2) is 29.2 Å². The highest BCUT2D eigenvalue weighted by Crippen LogP contribution is 2.61. The largest absolute Gasteiger partial charge is 0.460 e. The molecule has 0 bridgehead atoms. The molecular weight excluding hydrogens is 459 g/mol. The summed E-state index contributed by atoms with van der Waals surface area (Å²) in [5, 5.41) is 8.45. The Labute approximate surface area is 202 Å². The molecule has 192 valence electrons. The van der Waals surface area contributed by atoms with Crippen molar-refractivity contribution in [1.82, 2.24) is 0 Å². The van der Waals surface area contributed by atoms with Gasteiger partial charge in [0.25, 0.3) is 10.1 Å². The Bertz CT molecular complexity index is 714. The summed E-state index contributed by atoms with van der Waals surface area (Å²) in [4.78, 5) is 10.8. The first-order valence-corrected chi connectivity index (χ1v) is 16.4. The average Bonchev–Trinajstić information content (AvgIpc) is 2.81. The number of hydrogen-bond acceptors (Lipinski definition) is 5. The average molecular weight is 506 g/mol. The SMILES string of the molecule is CCCC[P+](CCCC)(CCCC)CCCC.O=C(OCCO)c1ccccc1S(=O)(=O)O. The molecule has 0 heterocycles. The fourth-order valence-corrected chi connectivity index (χ4v) is 9.69. The summed E-state index contributed by atoms with van der Waals surface area (Å²) in [6.07, 6.45) is 17.9. The third-order valence-electron chi connectivity index (χ3n) is 5.65. The van der Waals surface area contributed by atoms with E-state index in [0.717, 1.165) is 6.07 Å². The van der Waals surface area contributed by atoms with E-state index in [0.29, 0.717) is 0 Å². The Balaban J connectivity index is 0.000000621. The molecule has 33 heavy (non-hydrogen) atoms. The van der Waals surface area contributed by atoms with Gasteiger partial charge in [-0.15, -0.1) is 0 Å². The molecule has 0 saturated heterocycles.